The number of β-amino-alcohol motifs (C(OH)–C–C–N with tert-alkyl or cyclic N) is 1. The van der Waals surface area contributed by atoms with Crippen molar-refractivity contribution in [2.45, 2.75) is 0 Å². The van der Waals surface area contributed by atoms with Crippen molar-refractivity contribution in [2.24, 2.45) is 0 Å². The van der Waals surface area contributed by atoms with Crippen molar-refractivity contribution in [3.63, 3.8) is 0 Å². The molecule has 9 nitrogen and oxygen atoms in total. The van der Waals surface area contributed by atoms with Crippen molar-refractivity contribution in [1.29, 1.82) is 0 Å². The zero-order chi connectivity index (χ0) is 22.4. The third-order valence-corrected chi connectivity index (χ3v) is 7.47. The topological polar surface area (TPSA) is 93.1 Å². The molecule has 0 atom stereocenters. The number of rotatable bonds is 7. The molecule has 1 aromatic heterocycles. The first-order valence-electron chi connectivity index (χ1n) is 11.0. The van der Waals surface area contributed by atoms with Gasteiger partial charge in [0.25, 0.3) is 0 Å². The molecule has 2 fully saturated rings. The summed E-state index contributed by atoms with van der Waals surface area (Å²) < 4.78 is 26.8. The van der Waals surface area contributed by atoms with E-state index in [9.17, 15) is 8.42 Å². The van der Waals surface area contributed by atoms with Crippen molar-refractivity contribution in [3.05, 3.63) is 53.4 Å². The Hall–Kier alpha value is -2.53. The predicted molar refractivity (Wildman–Crippen MR) is 126 cm³/mol. The fraction of sp³-hybridized carbons (Fsp3) is 0.455. The van der Waals surface area contributed by atoms with Crippen LogP contribution >= 0.6 is 0 Å². The molecule has 0 bridgehead atoms. The predicted octanol–water partition coefficient (Wildman–Crippen LogP) is 0.714. The Morgan fingerprint density at radius 2 is 1.38 bits per heavy atom. The molecule has 4 rings (SSSR count). The maximum Gasteiger partial charge on any atom is 0.236 e. The van der Waals surface area contributed by atoms with Crippen molar-refractivity contribution in [1.82, 2.24) is 19.4 Å². The summed E-state index contributed by atoms with van der Waals surface area (Å²) in [6.45, 7) is 6.41. The van der Waals surface area contributed by atoms with Crippen LogP contribution in [0, 0.1) is 0 Å². The molecule has 2 saturated heterocycles. The highest BCUT2D eigenvalue weighted by Crippen LogP contribution is 2.19. The van der Waals surface area contributed by atoms with Crippen molar-refractivity contribution < 1.29 is 13.5 Å². The minimum Gasteiger partial charge on any atom is -0.395 e. The van der Waals surface area contributed by atoms with Gasteiger partial charge in [-0.25, -0.2) is 8.42 Å². The summed E-state index contributed by atoms with van der Waals surface area (Å²) in [6, 6.07) is 13.4. The summed E-state index contributed by atoms with van der Waals surface area (Å²) >= 11 is 0. The Balaban J connectivity index is 1.30. The van der Waals surface area contributed by atoms with Crippen LogP contribution in [0.1, 0.15) is 5.56 Å². The van der Waals surface area contributed by atoms with Crippen molar-refractivity contribution >= 4 is 27.7 Å². The first-order chi connectivity index (χ1) is 15.5. The summed E-state index contributed by atoms with van der Waals surface area (Å²) in [5, 5.41) is 19.2. The molecular formula is C22H30N6O3S. The number of anilines is 2. The Labute approximate surface area is 189 Å². The molecule has 32 heavy (non-hydrogen) atoms. The highest BCUT2D eigenvalue weighted by molar-refractivity contribution is 7.92. The van der Waals surface area contributed by atoms with Crippen LogP contribution in [0.25, 0.3) is 6.08 Å². The second kappa shape index (κ2) is 10.4. The van der Waals surface area contributed by atoms with Gasteiger partial charge in [-0.05, 0) is 23.8 Å². The van der Waals surface area contributed by atoms with E-state index < -0.39 is 10.0 Å². The van der Waals surface area contributed by atoms with E-state index in [2.05, 4.69) is 24.9 Å². The van der Waals surface area contributed by atoms with Crippen LogP contribution in [0.4, 0.5) is 11.6 Å². The lowest BCUT2D eigenvalue weighted by atomic mass is 10.2. The van der Waals surface area contributed by atoms with Gasteiger partial charge in [-0.2, -0.15) is 4.31 Å². The lowest BCUT2D eigenvalue weighted by Crippen LogP contribution is -2.48. The molecule has 2 aliphatic rings. The number of sulfonamides is 1. The standard InChI is InChI=1S/C22H30N6O3S/c29-18-17-25-9-11-26(12-10-25)21-6-7-22(24-23-21)27-13-15-28(16-14-27)32(30,31)19-8-20-4-2-1-3-5-20/h1-8,19,29H,9-18H2/b19-8+. The van der Waals surface area contributed by atoms with Gasteiger partial charge >= 0.3 is 0 Å². The number of aromatic nitrogens is 2. The fourth-order valence-electron chi connectivity index (χ4n) is 3.98. The molecule has 2 aliphatic heterocycles. The molecule has 1 N–H and O–H groups in total. The lowest BCUT2D eigenvalue weighted by Gasteiger charge is -2.35. The molecule has 0 radical (unpaired) electrons. The highest BCUT2D eigenvalue weighted by atomic mass is 32.2. The number of aliphatic hydroxyl groups is 1. The number of benzene rings is 1. The summed E-state index contributed by atoms with van der Waals surface area (Å²) in [4.78, 5) is 6.51. The summed E-state index contributed by atoms with van der Waals surface area (Å²) in [5.41, 5.74) is 0.861. The van der Waals surface area contributed by atoms with Crippen molar-refractivity contribution in [2.75, 3.05) is 75.3 Å². The van der Waals surface area contributed by atoms with E-state index in [1.54, 1.807) is 6.08 Å². The largest absolute Gasteiger partial charge is 0.395 e. The molecule has 1 aromatic carbocycles. The SMILES string of the molecule is O=S(=O)(/C=C/c1ccccc1)N1CCN(c2ccc(N3CCN(CCO)CC3)nn2)CC1. The fourth-order valence-corrected chi connectivity index (χ4v) is 5.16. The minimum absolute atomic E-state index is 0.187. The number of nitrogens with zero attached hydrogens (tertiary/aromatic N) is 6. The zero-order valence-electron chi connectivity index (χ0n) is 18.1. The van der Waals surface area contributed by atoms with Gasteiger partial charge < -0.3 is 14.9 Å². The van der Waals surface area contributed by atoms with Gasteiger partial charge in [0.05, 0.1) is 6.61 Å². The molecule has 0 amide bonds. The first kappa shape index (κ1) is 22.7. The zero-order valence-corrected chi connectivity index (χ0v) is 18.9. The van der Waals surface area contributed by atoms with Gasteiger partial charge in [0.15, 0.2) is 11.6 Å². The number of piperazine rings is 2. The van der Waals surface area contributed by atoms with Crippen molar-refractivity contribution in [3.8, 4) is 0 Å². The maximum atomic E-state index is 12.7. The maximum absolute atomic E-state index is 12.7. The second-order valence-electron chi connectivity index (χ2n) is 7.95. The number of aliphatic hydroxyl groups excluding tert-OH is 1. The van der Waals surface area contributed by atoms with Crippen LogP contribution in [-0.4, -0.2) is 98.4 Å². The lowest BCUT2D eigenvalue weighted by molar-refractivity contribution is 0.188. The molecule has 172 valence electrons. The van der Waals surface area contributed by atoms with E-state index in [0.29, 0.717) is 32.7 Å². The minimum atomic E-state index is -3.45. The van der Waals surface area contributed by atoms with Gasteiger partial charge in [0.2, 0.25) is 10.0 Å². The molecule has 0 spiro atoms. The van der Waals surface area contributed by atoms with Gasteiger partial charge in [-0.3, -0.25) is 4.90 Å². The van der Waals surface area contributed by atoms with Crippen LogP contribution < -0.4 is 9.80 Å². The summed E-state index contributed by atoms with van der Waals surface area (Å²) in [7, 11) is -3.45. The third-order valence-electron chi connectivity index (χ3n) is 5.90. The van der Waals surface area contributed by atoms with Crippen LogP contribution in [0.15, 0.2) is 47.9 Å². The average Bonchev–Trinajstić information content (AvgIpc) is 2.84. The molecule has 0 saturated carbocycles. The average molecular weight is 459 g/mol. The number of hydrogen-bond donors (Lipinski definition) is 1. The quantitative estimate of drug-likeness (QED) is 0.649. The molecule has 0 unspecified atom stereocenters. The Bertz CT molecular complexity index is 984. The Kier molecular flexibility index (Phi) is 7.36. The van der Waals surface area contributed by atoms with E-state index in [0.717, 1.165) is 43.4 Å². The second-order valence-corrected chi connectivity index (χ2v) is 9.77. The van der Waals surface area contributed by atoms with E-state index in [-0.39, 0.29) is 6.61 Å². The third kappa shape index (κ3) is 5.63. The van der Waals surface area contributed by atoms with Crippen LogP contribution in [0.3, 0.4) is 0 Å². The van der Waals surface area contributed by atoms with Crippen LogP contribution in [0.5, 0.6) is 0 Å². The summed E-state index contributed by atoms with van der Waals surface area (Å²) in [6.07, 6.45) is 1.63. The molecule has 2 aromatic rings. The molecular weight excluding hydrogens is 428 g/mol. The molecule has 0 aliphatic carbocycles. The van der Waals surface area contributed by atoms with Gasteiger partial charge in [0, 0.05) is 64.3 Å². The molecule has 3 heterocycles. The smallest absolute Gasteiger partial charge is 0.236 e. The summed E-state index contributed by atoms with van der Waals surface area (Å²) in [5.74, 6) is 1.62. The number of hydrogen-bond acceptors (Lipinski definition) is 8. The highest BCUT2D eigenvalue weighted by Gasteiger charge is 2.26. The Morgan fingerprint density at radius 1 is 0.812 bits per heavy atom. The van der Waals surface area contributed by atoms with E-state index in [4.69, 9.17) is 5.11 Å². The van der Waals surface area contributed by atoms with E-state index >= 15 is 0 Å². The van der Waals surface area contributed by atoms with Gasteiger partial charge in [-0.15, -0.1) is 10.2 Å². The first-order valence-corrected chi connectivity index (χ1v) is 12.5. The van der Waals surface area contributed by atoms with Gasteiger partial charge in [0.1, 0.15) is 0 Å². The Morgan fingerprint density at radius 3 is 1.91 bits per heavy atom. The normalized spacial score (nSPS) is 19.0. The van der Waals surface area contributed by atoms with E-state index in [1.165, 1.54) is 9.71 Å². The molecule has 10 heteroatoms. The van der Waals surface area contributed by atoms with Crippen LogP contribution in [0.2, 0.25) is 0 Å². The van der Waals surface area contributed by atoms with E-state index in [1.807, 2.05) is 42.5 Å². The monoisotopic (exact) mass is 458 g/mol. The van der Waals surface area contributed by atoms with Gasteiger partial charge in [-0.1, -0.05) is 30.3 Å². The van der Waals surface area contributed by atoms with Crippen LogP contribution in [-0.2, 0) is 10.0 Å².